The Labute approximate surface area is 131 Å². The van der Waals surface area contributed by atoms with Gasteiger partial charge in [0.15, 0.2) is 24.0 Å². The minimum Gasteiger partial charge on any atom is -0.483 e. The van der Waals surface area contributed by atoms with Crippen molar-refractivity contribution >= 4 is 37.6 Å². The average molecular weight is 406 g/mol. The van der Waals surface area contributed by atoms with Gasteiger partial charge in [0.2, 0.25) is 0 Å². The van der Waals surface area contributed by atoms with Gasteiger partial charge < -0.3 is 4.74 Å². The summed E-state index contributed by atoms with van der Waals surface area (Å²) in [5, 5.41) is 0. The molecule has 0 aliphatic heterocycles. The van der Waals surface area contributed by atoms with Crippen molar-refractivity contribution in [2.45, 2.75) is 0 Å². The maximum absolute atomic E-state index is 13.0. The van der Waals surface area contributed by atoms with E-state index in [1.807, 2.05) is 0 Å². The van der Waals surface area contributed by atoms with E-state index < -0.39 is 17.4 Å². The van der Waals surface area contributed by atoms with Gasteiger partial charge in [-0.3, -0.25) is 4.79 Å². The summed E-state index contributed by atoms with van der Waals surface area (Å²) in [4.78, 5) is 11.9. The van der Waals surface area contributed by atoms with Gasteiger partial charge in [-0.05, 0) is 62.2 Å². The zero-order valence-corrected chi connectivity index (χ0v) is 13.2. The molecule has 0 N–H and O–H groups in total. The number of benzene rings is 2. The third kappa shape index (κ3) is 3.43. The maximum atomic E-state index is 13.0. The Morgan fingerprint density at radius 1 is 1.05 bits per heavy atom. The highest BCUT2D eigenvalue weighted by molar-refractivity contribution is 9.11. The lowest BCUT2D eigenvalue weighted by Crippen LogP contribution is -2.12. The predicted octanol–water partition coefficient (Wildman–Crippen LogP) is 4.75. The topological polar surface area (TPSA) is 26.3 Å². The molecule has 6 heteroatoms. The van der Waals surface area contributed by atoms with E-state index in [0.717, 1.165) is 12.1 Å². The lowest BCUT2D eigenvalue weighted by molar-refractivity contribution is 0.0920. The third-order valence-electron chi connectivity index (χ3n) is 2.51. The third-order valence-corrected chi connectivity index (χ3v) is 3.76. The van der Waals surface area contributed by atoms with Crippen LogP contribution in [0.2, 0.25) is 0 Å². The quantitative estimate of drug-likeness (QED) is 0.686. The highest BCUT2D eigenvalue weighted by Crippen LogP contribution is 2.33. The van der Waals surface area contributed by atoms with E-state index in [1.54, 1.807) is 18.2 Å². The molecule has 0 aliphatic carbocycles. The number of carbonyl (C=O) groups is 1. The first-order valence-electron chi connectivity index (χ1n) is 5.54. The number of ether oxygens (including phenoxy) is 1. The molecule has 2 aromatic carbocycles. The standard InChI is InChI=1S/C14H8Br2F2O2/c15-9-2-1-3-10(16)14(9)20-7-13(19)8-4-5-11(17)12(18)6-8/h1-6H,7H2. The van der Waals surface area contributed by atoms with Gasteiger partial charge in [0.1, 0.15) is 5.75 Å². The smallest absolute Gasteiger partial charge is 0.200 e. The molecule has 0 bridgehead atoms. The molecule has 2 aromatic rings. The van der Waals surface area contributed by atoms with Crippen LogP contribution in [0.5, 0.6) is 5.75 Å². The van der Waals surface area contributed by atoms with Crippen LogP contribution in [-0.2, 0) is 0 Å². The molecular formula is C14H8Br2F2O2. The summed E-state index contributed by atoms with van der Waals surface area (Å²) < 4.78 is 32.6. The molecule has 0 radical (unpaired) electrons. The molecule has 0 spiro atoms. The van der Waals surface area contributed by atoms with Crippen LogP contribution in [0, 0.1) is 11.6 Å². The Hall–Kier alpha value is -1.27. The van der Waals surface area contributed by atoms with Gasteiger partial charge in [0, 0.05) is 5.56 Å². The zero-order chi connectivity index (χ0) is 14.7. The number of rotatable bonds is 4. The van der Waals surface area contributed by atoms with E-state index in [2.05, 4.69) is 31.9 Å². The van der Waals surface area contributed by atoms with Crippen LogP contribution in [0.3, 0.4) is 0 Å². The van der Waals surface area contributed by atoms with Crippen molar-refractivity contribution in [3.63, 3.8) is 0 Å². The Balaban J connectivity index is 2.11. The number of hydrogen-bond donors (Lipinski definition) is 0. The molecule has 0 aliphatic rings. The second-order valence-electron chi connectivity index (χ2n) is 3.89. The van der Waals surface area contributed by atoms with Crippen LogP contribution >= 0.6 is 31.9 Å². The molecule has 0 unspecified atom stereocenters. The molecular weight excluding hydrogens is 398 g/mol. The molecule has 0 aromatic heterocycles. The Bertz CT molecular complexity index is 639. The lowest BCUT2D eigenvalue weighted by Gasteiger charge is -2.09. The average Bonchev–Trinajstić information content (AvgIpc) is 2.41. The summed E-state index contributed by atoms with van der Waals surface area (Å²) in [6.07, 6.45) is 0. The fourth-order valence-corrected chi connectivity index (χ4v) is 2.74. The molecule has 0 fully saturated rings. The maximum Gasteiger partial charge on any atom is 0.200 e. The van der Waals surface area contributed by atoms with Crippen LogP contribution in [0.25, 0.3) is 0 Å². The van der Waals surface area contributed by atoms with Crippen LogP contribution in [-0.4, -0.2) is 12.4 Å². The number of Topliss-reactive ketones (excluding diaryl/α,β-unsaturated/α-hetero) is 1. The molecule has 0 saturated heterocycles. The first kappa shape index (κ1) is 15.1. The van der Waals surface area contributed by atoms with Gasteiger partial charge in [-0.1, -0.05) is 6.07 Å². The first-order chi connectivity index (χ1) is 9.49. The molecule has 2 nitrogen and oxygen atoms in total. The number of hydrogen-bond acceptors (Lipinski definition) is 2. The van der Waals surface area contributed by atoms with Gasteiger partial charge in [-0.15, -0.1) is 0 Å². The summed E-state index contributed by atoms with van der Waals surface area (Å²) in [6, 6.07) is 8.33. The van der Waals surface area contributed by atoms with Crippen LogP contribution in [0.4, 0.5) is 8.78 Å². The monoisotopic (exact) mass is 404 g/mol. The fraction of sp³-hybridized carbons (Fsp3) is 0.0714. The van der Waals surface area contributed by atoms with Crippen molar-refractivity contribution in [1.29, 1.82) is 0 Å². The van der Waals surface area contributed by atoms with Gasteiger partial charge in [0.05, 0.1) is 8.95 Å². The normalized spacial score (nSPS) is 10.4. The van der Waals surface area contributed by atoms with E-state index in [9.17, 15) is 13.6 Å². The Morgan fingerprint density at radius 3 is 2.30 bits per heavy atom. The number of carbonyl (C=O) groups excluding carboxylic acids is 1. The van der Waals surface area contributed by atoms with Crippen molar-refractivity contribution in [3.8, 4) is 5.75 Å². The highest BCUT2D eigenvalue weighted by atomic mass is 79.9. The second kappa shape index (κ2) is 6.45. The number of para-hydroxylation sites is 1. The van der Waals surface area contributed by atoms with Gasteiger partial charge in [0.25, 0.3) is 0 Å². The molecule has 2 rings (SSSR count). The molecule has 20 heavy (non-hydrogen) atoms. The van der Waals surface area contributed by atoms with Crippen LogP contribution in [0.15, 0.2) is 45.3 Å². The van der Waals surface area contributed by atoms with E-state index in [1.165, 1.54) is 6.07 Å². The van der Waals surface area contributed by atoms with Gasteiger partial charge >= 0.3 is 0 Å². The van der Waals surface area contributed by atoms with E-state index in [4.69, 9.17) is 4.74 Å². The fourth-order valence-electron chi connectivity index (χ4n) is 1.51. The van der Waals surface area contributed by atoms with E-state index in [-0.39, 0.29) is 12.2 Å². The molecule has 104 valence electrons. The SMILES string of the molecule is O=C(COc1c(Br)cccc1Br)c1ccc(F)c(F)c1. The van der Waals surface area contributed by atoms with Crippen molar-refractivity contribution < 1.29 is 18.3 Å². The summed E-state index contributed by atoms with van der Waals surface area (Å²) in [5.74, 6) is -2.01. The first-order valence-corrected chi connectivity index (χ1v) is 7.12. The highest BCUT2D eigenvalue weighted by Gasteiger charge is 2.12. The Morgan fingerprint density at radius 2 is 1.70 bits per heavy atom. The summed E-state index contributed by atoms with van der Waals surface area (Å²) >= 11 is 6.60. The van der Waals surface area contributed by atoms with Crippen molar-refractivity contribution in [3.05, 3.63) is 62.5 Å². The number of ketones is 1. The largest absolute Gasteiger partial charge is 0.483 e. The summed E-state index contributed by atoms with van der Waals surface area (Å²) in [7, 11) is 0. The van der Waals surface area contributed by atoms with Crippen molar-refractivity contribution in [2.24, 2.45) is 0 Å². The van der Waals surface area contributed by atoms with Crippen molar-refractivity contribution in [2.75, 3.05) is 6.61 Å². The molecule has 0 amide bonds. The molecule has 0 heterocycles. The molecule has 0 saturated carbocycles. The van der Waals surface area contributed by atoms with E-state index in [0.29, 0.717) is 14.7 Å². The minimum atomic E-state index is -1.06. The second-order valence-corrected chi connectivity index (χ2v) is 5.60. The van der Waals surface area contributed by atoms with Crippen LogP contribution in [0.1, 0.15) is 10.4 Å². The molecule has 0 atom stereocenters. The predicted molar refractivity (Wildman–Crippen MR) is 78.0 cm³/mol. The van der Waals surface area contributed by atoms with E-state index >= 15 is 0 Å². The Kier molecular flexibility index (Phi) is 4.88. The van der Waals surface area contributed by atoms with Crippen molar-refractivity contribution in [1.82, 2.24) is 0 Å². The summed E-state index contributed by atoms with van der Waals surface area (Å²) in [6.45, 7) is -0.272. The lowest BCUT2D eigenvalue weighted by atomic mass is 10.1. The minimum absolute atomic E-state index is 0.0621. The summed E-state index contributed by atoms with van der Waals surface area (Å²) in [5.41, 5.74) is 0.0621. The van der Waals surface area contributed by atoms with Gasteiger partial charge in [-0.2, -0.15) is 0 Å². The van der Waals surface area contributed by atoms with Gasteiger partial charge in [-0.25, -0.2) is 8.78 Å². The van der Waals surface area contributed by atoms with Crippen LogP contribution < -0.4 is 4.74 Å². The zero-order valence-electron chi connectivity index (χ0n) is 10.00. The number of halogens is 4.